The fraction of sp³-hybridized carbons (Fsp3) is 0.630. The predicted octanol–water partition coefficient (Wildman–Crippen LogP) is 4.16. The van der Waals surface area contributed by atoms with E-state index >= 15 is 0 Å². The van der Waals surface area contributed by atoms with Crippen LogP contribution in [0.1, 0.15) is 51.9 Å². The molecule has 3 rings (SSSR count). The van der Waals surface area contributed by atoms with Gasteiger partial charge in [0, 0.05) is 5.56 Å². The average molecular weight is 628 g/mol. The van der Waals surface area contributed by atoms with Gasteiger partial charge in [0.25, 0.3) is 16.0 Å². The number of rotatable bonds is 7. The number of hydrogen-bond acceptors (Lipinski definition) is 9. The molecule has 11 nitrogen and oxygen atoms in total. The summed E-state index contributed by atoms with van der Waals surface area (Å²) in [5, 5.41) is 5.37. The highest BCUT2D eigenvalue weighted by Gasteiger charge is 2.67. The van der Waals surface area contributed by atoms with Gasteiger partial charge in [-0.1, -0.05) is 59.7 Å². The van der Waals surface area contributed by atoms with E-state index in [9.17, 15) is 18.0 Å². The third kappa shape index (κ3) is 6.95. The van der Waals surface area contributed by atoms with E-state index in [0.29, 0.717) is 5.56 Å². The number of amides is 3. The molecule has 4 N–H and O–H groups in total. The molecular formula is C27H45N3O8SSi2. The van der Waals surface area contributed by atoms with Crippen LogP contribution in [0.25, 0.3) is 0 Å². The zero-order valence-electron chi connectivity index (χ0n) is 25.7. The van der Waals surface area contributed by atoms with E-state index < -0.39 is 62.7 Å². The lowest BCUT2D eigenvalue weighted by Gasteiger charge is -2.43. The normalized spacial score (nSPS) is 26.6. The molecule has 3 unspecified atom stereocenters. The summed E-state index contributed by atoms with van der Waals surface area (Å²) in [4.78, 5) is 25.7. The lowest BCUT2D eigenvalue weighted by molar-refractivity contribution is -0.0420. The number of nitrogens with one attached hydrogen (secondary N) is 2. The number of carbonyl (C=O) groups excluding carboxylic acids is 2. The second-order valence-electron chi connectivity index (χ2n) is 13.7. The molecule has 1 spiro atoms. The monoisotopic (exact) mass is 627 g/mol. The summed E-state index contributed by atoms with van der Waals surface area (Å²) in [7, 11) is -9.17. The van der Waals surface area contributed by atoms with Crippen molar-refractivity contribution in [2.24, 2.45) is 5.73 Å². The van der Waals surface area contributed by atoms with Gasteiger partial charge in [-0.3, -0.25) is 10.1 Å². The van der Waals surface area contributed by atoms with E-state index in [1.807, 2.05) is 33.9 Å². The molecule has 1 fully saturated rings. The lowest BCUT2D eigenvalue weighted by Crippen LogP contribution is -2.61. The quantitative estimate of drug-likeness (QED) is 0.298. The molecule has 41 heavy (non-hydrogen) atoms. The van der Waals surface area contributed by atoms with E-state index in [1.54, 1.807) is 30.3 Å². The van der Waals surface area contributed by atoms with E-state index in [0.717, 1.165) is 5.41 Å². The Hall–Kier alpha value is -2.08. The maximum absolute atomic E-state index is 13.1. The van der Waals surface area contributed by atoms with Crippen LogP contribution in [-0.2, 0) is 27.9 Å². The summed E-state index contributed by atoms with van der Waals surface area (Å²) < 4.78 is 50.8. The Balaban J connectivity index is 2.02. The number of imide groups is 1. The minimum absolute atomic E-state index is 0.0549. The van der Waals surface area contributed by atoms with Crippen molar-refractivity contribution >= 4 is 38.7 Å². The maximum Gasteiger partial charge on any atom is 0.323 e. The standard InChI is InChI=1S/C27H45N3O8SSi2/c1-25(2,3)40(7,8)35-16-20-27(19(28)17-39(33,34)38-27)21(37-41(9,10)26(4,5)6)23(36-20)30-24(32)29-22(31)18-14-12-11-13-15-18/h11-15,17,20-21,23H,16,28H2,1-10H3,(H2,29,30,31,32)/t20?,21?,23-,27?/m0/s1. The molecule has 0 aromatic heterocycles. The van der Waals surface area contributed by atoms with Gasteiger partial charge in [-0.15, -0.1) is 0 Å². The summed E-state index contributed by atoms with van der Waals surface area (Å²) in [5.41, 5.74) is 4.81. The van der Waals surface area contributed by atoms with Gasteiger partial charge in [0.2, 0.25) is 0 Å². The molecule has 0 saturated carbocycles. The van der Waals surface area contributed by atoms with Crippen LogP contribution >= 0.6 is 0 Å². The average Bonchev–Trinajstić information content (AvgIpc) is 3.22. The molecule has 2 aliphatic heterocycles. The molecule has 1 aromatic rings. The molecule has 1 saturated heterocycles. The predicted molar refractivity (Wildman–Crippen MR) is 161 cm³/mol. The zero-order chi connectivity index (χ0) is 31.2. The highest BCUT2D eigenvalue weighted by Crippen LogP contribution is 2.49. The van der Waals surface area contributed by atoms with Gasteiger partial charge in [0.15, 0.2) is 28.5 Å². The molecule has 2 heterocycles. The minimum atomic E-state index is -4.19. The van der Waals surface area contributed by atoms with Crippen molar-refractivity contribution in [1.29, 1.82) is 0 Å². The first-order valence-electron chi connectivity index (χ1n) is 13.6. The fourth-order valence-electron chi connectivity index (χ4n) is 4.07. The van der Waals surface area contributed by atoms with E-state index in [2.05, 4.69) is 44.5 Å². The summed E-state index contributed by atoms with van der Waals surface area (Å²) in [5.74, 6) is -0.616. The highest BCUT2D eigenvalue weighted by molar-refractivity contribution is 7.90. The van der Waals surface area contributed by atoms with Gasteiger partial charge in [-0.05, 0) is 48.4 Å². The van der Waals surface area contributed by atoms with Crippen LogP contribution in [-0.4, -0.2) is 67.6 Å². The Morgan fingerprint density at radius 1 is 1.00 bits per heavy atom. The molecule has 230 valence electrons. The van der Waals surface area contributed by atoms with Crippen molar-refractivity contribution in [1.82, 2.24) is 10.6 Å². The Bertz CT molecular complexity index is 1290. The second-order valence-corrected chi connectivity index (χ2v) is 24.6. The lowest BCUT2D eigenvalue weighted by atomic mass is 9.89. The van der Waals surface area contributed by atoms with Crippen LogP contribution in [0.15, 0.2) is 41.4 Å². The molecule has 14 heteroatoms. The van der Waals surface area contributed by atoms with Crippen molar-refractivity contribution in [2.45, 2.75) is 102 Å². The Morgan fingerprint density at radius 3 is 2.05 bits per heavy atom. The maximum atomic E-state index is 13.1. The van der Waals surface area contributed by atoms with Gasteiger partial charge >= 0.3 is 6.03 Å². The highest BCUT2D eigenvalue weighted by atomic mass is 32.2. The summed E-state index contributed by atoms with van der Waals surface area (Å²) in [6.07, 6.45) is -3.43. The molecule has 0 radical (unpaired) electrons. The number of ether oxygens (including phenoxy) is 1. The summed E-state index contributed by atoms with van der Waals surface area (Å²) in [6.45, 7) is 20.4. The number of carbonyl (C=O) groups is 2. The fourth-order valence-corrected chi connectivity index (χ4v) is 7.58. The molecule has 2 aliphatic rings. The number of urea groups is 1. The first kappa shape index (κ1) is 33.4. The van der Waals surface area contributed by atoms with Crippen LogP contribution in [0.4, 0.5) is 4.79 Å². The SMILES string of the molecule is CC(C)(C)[Si](C)(C)OCC1O[C@H](NC(=O)NC(=O)c2ccccc2)C(O[Si](C)(C)C(C)(C)C)C12OS(=O)(=O)C=C2N. The topological polar surface area (TPSA) is 155 Å². The third-order valence-corrected chi connectivity index (χ3v) is 18.6. The van der Waals surface area contributed by atoms with Crippen molar-refractivity contribution in [3.8, 4) is 0 Å². The van der Waals surface area contributed by atoms with Crippen molar-refractivity contribution in [3.05, 3.63) is 47.0 Å². The van der Waals surface area contributed by atoms with Crippen LogP contribution in [0.2, 0.25) is 36.3 Å². The minimum Gasteiger partial charge on any atom is -0.414 e. The summed E-state index contributed by atoms with van der Waals surface area (Å²) in [6, 6.07) is 7.41. The first-order valence-corrected chi connectivity index (χ1v) is 20.9. The van der Waals surface area contributed by atoms with Crippen LogP contribution in [0.3, 0.4) is 0 Å². The molecule has 3 amide bonds. The third-order valence-electron chi connectivity index (χ3n) is 8.63. The zero-order valence-corrected chi connectivity index (χ0v) is 28.5. The van der Waals surface area contributed by atoms with E-state index in [1.165, 1.54) is 0 Å². The van der Waals surface area contributed by atoms with Crippen molar-refractivity contribution in [2.75, 3.05) is 6.61 Å². The molecule has 0 bridgehead atoms. The van der Waals surface area contributed by atoms with E-state index in [4.69, 9.17) is 23.5 Å². The number of benzene rings is 1. The van der Waals surface area contributed by atoms with Gasteiger partial charge in [-0.25, -0.2) is 8.98 Å². The second kappa shape index (κ2) is 11.2. The van der Waals surface area contributed by atoms with Gasteiger partial charge in [0.05, 0.1) is 17.7 Å². The van der Waals surface area contributed by atoms with Crippen molar-refractivity contribution < 1.29 is 35.8 Å². The Labute approximate surface area is 245 Å². The van der Waals surface area contributed by atoms with Gasteiger partial charge in [0.1, 0.15) is 12.2 Å². The molecule has 4 atom stereocenters. The molecular weight excluding hydrogens is 583 g/mol. The van der Waals surface area contributed by atoms with Crippen LogP contribution in [0.5, 0.6) is 0 Å². The van der Waals surface area contributed by atoms with E-state index in [-0.39, 0.29) is 22.4 Å². The first-order chi connectivity index (χ1) is 18.5. The van der Waals surface area contributed by atoms with Crippen molar-refractivity contribution in [3.63, 3.8) is 0 Å². The smallest absolute Gasteiger partial charge is 0.323 e. The van der Waals surface area contributed by atoms with Crippen LogP contribution in [0, 0.1) is 0 Å². The molecule has 0 aliphatic carbocycles. The van der Waals surface area contributed by atoms with Gasteiger partial charge in [-0.2, -0.15) is 8.42 Å². The molecule has 1 aromatic carbocycles. The Morgan fingerprint density at radius 2 is 1.56 bits per heavy atom. The number of hydrogen-bond donors (Lipinski definition) is 3. The Kier molecular flexibility index (Phi) is 9.14. The summed E-state index contributed by atoms with van der Waals surface area (Å²) >= 11 is 0. The van der Waals surface area contributed by atoms with Gasteiger partial charge < -0.3 is 24.6 Å². The van der Waals surface area contributed by atoms with Crippen LogP contribution < -0.4 is 16.4 Å². The number of nitrogens with two attached hydrogens (primary N) is 1. The largest absolute Gasteiger partial charge is 0.414 e.